The van der Waals surface area contributed by atoms with Gasteiger partial charge in [-0.05, 0) is 48.2 Å². The molecule has 1 fully saturated rings. The number of carbonyl (C=O) groups is 2. The van der Waals surface area contributed by atoms with E-state index in [2.05, 4.69) is 20.9 Å². The predicted octanol–water partition coefficient (Wildman–Crippen LogP) is 1.06. The van der Waals surface area contributed by atoms with Gasteiger partial charge < -0.3 is 31.1 Å². The van der Waals surface area contributed by atoms with Gasteiger partial charge in [0.25, 0.3) is 5.91 Å². The molecular weight excluding hydrogens is 424 g/mol. The monoisotopic (exact) mass is 450 g/mol. The first kappa shape index (κ1) is 22.5. The summed E-state index contributed by atoms with van der Waals surface area (Å²) in [6.45, 7) is 0.756. The van der Waals surface area contributed by atoms with E-state index in [-0.39, 0.29) is 35.8 Å². The Labute approximate surface area is 189 Å². The number of aromatic amines is 1. The third kappa shape index (κ3) is 5.21. The van der Waals surface area contributed by atoms with Crippen LogP contribution in [-0.2, 0) is 11.3 Å². The predicted molar refractivity (Wildman–Crippen MR) is 123 cm³/mol. The van der Waals surface area contributed by atoms with Crippen molar-refractivity contribution in [3.8, 4) is 5.75 Å². The molecule has 33 heavy (non-hydrogen) atoms. The molecule has 1 unspecified atom stereocenters. The van der Waals surface area contributed by atoms with Gasteiger partial charge in [-0.25, -0.2) is 0 Å². The summed E-state index contributed by atoms with van der Waals surface area (Å²) in [7, 11) is 0. The summed E-state index contributed by atoms with van der Waals surface area (Å²) >= 11 is 0. The summed E-state index contributed by atoms with van der Waals surface area (Å²) < 4.78 is 0. The molecule has 0 aliphatic heterocycles. The molecule has 4 rings (SSSR count). The van der Waals surface area contributed by atoms with E-state index in [0.717, 1.165) is 18.4 Å². The zero-order valence-corrected chi connectivity index (χ0v) is 17.9. The number of pyridine rings is 1. The number of fused-ring (bicyclic) bond motifs is 1. The molecule has 2 aromatic carbocycles. The summed E-state index contributed by atoms with van der Waals surface area (Å²) in [5, 5.41) is 30.0. The Hall–Kier alpha value is -3.69. The highest BCUT2D eigenvalue weighted by molar-refractivity contribution is 5.94. The lowest BCUT2D eigenvalue weighted by Crippen LogP contribution is -2.52. The van der Waals surface area contributed by atoms with Crippen molar-refractivity contribution in [2.75, 3.05) is 6.54 Å². The van der Waals surface area contributed by atoms with Gasteiger partial charge in [-0.15, -0.1) is 0 Å². The number of phenolic OH excluding ortho intramolecular Hbond substituents is 1. The number of aromatic nitrogens is 1. The molecule has 1 aliphatic rings. The van der Waals surface area contributed by atoms with E-state index in [9.17, 15) is 24.6 Å². The Bertz CT molecular complexity index is 1200. The first-order valence-electron chi connectivity index (χ1n) is 10.8. The third-order valence-electron chi connectivity index (χ3n) is 5.93. The Kier molecular flexibility index (Phi) is 6.71. The normalized spacial score (nSPS) is 18.3. The van der Waals surface area contributed by atoms with Gasteiger partial charge in [-0.3, -0.25) is 14.4 Å². The molecule has 3 aromatic rings. The van der Waals surface area contributed by atoms with Crippen molar-refractivity contribution >= 4 is 23.2 Å². The van der Waals surface area contributed by atoms with Crippen molar-refractivity contribution in [2.45, 2.75) is 37.6 Å². The van der Waals surface area contributed by atoms with Crippen LogP contribution >= 0.6 is 0 Å². The number of aromatic hydroxyl groups is 1. The van der Waals surface area contributed by atoms with Crippen molar-refractivity contribution in [3.05, 3.63) is 75.6 Å². The fourth-order valence-electron chi connectivity index (χ4n) is 4.02. The van der Waals surface area contributed by atoms with Gasteiger partial charge in [0.05, 0.1) is 11.6 Å². The summed E-state index contributed by atoms with van der Waals surface area (Å²) in [6, 6.07) is 13.5. The first-order valence-corrected chi connectivity index (χ1v) is 10.8. The van der Waals surface area contributed by atoms with Gasteiger partial charge in [0.1, 0.15) is 5.75 Å². The molecule has 1 heterocycles. The quantitative estimate of drug-likeness (QED) is 0.269. The average molecular weight is 450 g/mol. The Morgan fingerprint density at radius 3 is 2.58 bits per heavy atom. The number of aliphatic hydroxyl groups excluding tert-OH is 1. The summed E-state index contributed by atoms with van der Waals surface area (Å²) in [4.78, 5) is 36.9. The molecule has 0 saturated heterocycles. The van der Waals surface area contributed by atoms with Crippen molar-refractivity contribution in [1.29, 1.82) is 0 Å². The van der Waals surface area contributed by atoms with Gasteiger partial charge >= 0.3 is 0 Å². The molecule has 1 aromatic heterocycles. The lowest BCUT2D eigenvalue weighted by molar-refractivity contribution is -0.110. The number of hydrogen-bond donors (Lipinski definition) is 6. The number of amides is 2. The van der Waals surface area contributed by atoms with Gasteiger partial charge in [-0.2, -0.15) is 0 Å². The van der Waals surface area contributed by atoms with Crippen LogP contribution in [0.5, 0.6) is 5.75 Å². The number of aliphatic hydroxyl groups is 1. The maximum Gasteiger partial charge on any atom is 0.251 e. The number of benzene rings is 2. The highest BCUT2D eigenvalue weighted by atomic mass is 16.3. The fraction of sp³-hybridized carbons (Fsp3) is 0.292. The minimum atomic E-state index is -0.843. The minimum Gasteiger partial charge on any atom is -0.506 e. The lowest BCUT2D eigenvalue weighted by Gasteiger charge is -2.35. The van der Waals surface area contributed by atoms with Crippen LogP contribution in [0.4, 0.5) is 0 Å². The topological polar surface area (TPSA) is 144 Å². The van der Waals surface area contributed by atoms with Crippen LogP contribution in [-0.4, -0.2) is 46.1 Å². The second-order valence-corrected chi connectivity index (χ2v) is 8.25. The lowest BCUT2D eigenvalue weighted by atomic mass is 9.86. The molecule has 172 valence electrons. The molecular formula is C24H26N4O5. The molecule has 0 bridgehead atoms. The SMILES string of the molecule is O=CNC1CC(NC(=O)c2ccc(CNCC(O)c3ccc(O)c4[nH]c(=O)ccc34)cc2)C1. The van der Waals surface area contributed by atoms with Crippen LogP contribution in [0, 0.1) is 0 Å². The molecule has 9 heteroatoms. The van der Waals surface area contributed by atoms with Crippen molar-refractivity contribution in [2.24, 2.45) is 0 Å². The standard InChI is InChI=1S/C24H26N4O5/c29-13-26-16-9-17(10-16)27-24(33)15-3-1-14(2-4-15)11-25-12-21(31)18-5-7-20(30)23-19(18)6-8-22(32)28-23/h1-8,13,16-17,21,25,30-31H,9-12H2,(H,26,29)(H,27,33)(H,28,32). The Balaban J connectivity index is 1.29. The maximum absolute atomic E-state index is 12.3. The second kappa shape index (κ2) is 9.85. The number of nitrogens with one attached hydrogen (secondary N) is 4. The van der Waals surface area contributed by atoms with E-state index in [1.165, 1.54) is 12.1 Å². The largest absolute Gasteiger partial charge is 0.506 e. The molecule has 9 nitrogen and oxygen atoms in total. The highest BCUT2D eigenvalue weighted by Gasteiger charge is 2.29. The fourth-order valence-corrected chi connectivity index (χ4v) is 4.02. The van der Waals surface area contributed by atoms with Crippen molar-refractivity contribution < 1.29 is 19.8 Å². The number of hydrogen-bond acceptors (Lipinski definition) is 6. The van der Waals surface area contributed by atoms with Gasteiger partial charge in [0, 0.05) is 42.2 Å². The van der Waals surface area contributed by atoms with Crippen LogP contribution in [0.2, 0.25) is 0 Å². The smallest absolute Gasteiger partial charge is 0.251 e. The zero-order chi connectivity index (χ0) is 23.4. The van der Waals surface area contributed by atoms with Gasteiger partial charge in [0.2, 0.25) is 12.0 Å². The molecule has 1 aliphatic carbocycles. The zero-order valence-electron chi connectivity index (χ0n) is 17.9. The van der Waals surface area contributed by atoms with Crippen LogP contribution in [0.15, 0.2) is 53.3 Å². The van der Waals surface area contributed by atoms with Crippen LogP contribution in [0.25, 0.3) is 10.9 Å². The molecule has 1 saturated carbocycles. The Morgan fingerprint density at radius 2 is 1.85 bits per heavy atom. The molecule has 1 atom stereocenters. The van der Waals surface area contributed by atoms with Crippen LogP contribution in [0.3, 0.4) is 0 Å². The third-order valence-corrected chi connectivity index (χ3v) is 5.93. The van der Waals surface area contributed by atoms with E-state index in [1.54, 1.807) is 24.3 Å². The Morgan fingerprint density at radius 1 is 1.09 bits per heavy atom. The van der Waals surface area contributed by atoms with Gasteiger partial charge in [-0.1, -0.05) is 18.2 Å². The second-order valence-electron chi connectivity index (χ2n) is 8.25. The van der Waals surface area contributed by atoms with E-state index >= 15 is 0 Å². The van der Waals surface area contributed by atoms with Crippen LogP contribution < -0.4 is 21.5 Å². The maximum atomic E-state index is 12.3. The van der Waals surface area contributed by atoms with Gasteiger partial charge in [0.15, 0.2) is 0 Å². The summed E-state index contributed by atoms with van der Waals surface area (Å²) in [5.41, 5.74) is 2.09. The van der Waals surface area contributed by atoms with E-state index < -0.39 is 6.10 Å². The minimum absolute atomic E-state index is 0.0505. The average Bonchev–Trinajstić information content (AvgIpc) is 2.78. The number of rotatable bonds is 9. The molecule has 2 amide bonds. The number of carbonyl (C=O) groups excluding carboxylic acids is 2. The first-order chi connectivity index (χ1) is 15.9. The van der Waals surface area contributed by atoms with E-state index in [0.29, 0.717) is 35.0 Å². The van der Waals surface area contributed by atoms with Crippen LogP contribution in [0.1, 0.15) is 40.4 Å². The summed E-state index contributed by atoms with van der Waals surface area (Å²) in [6.07, 6.45) is 1.32. The number of H-pyrrole nitrogens is 1. The molecule has 0 radical (unpaired) electrons. The summed E-state index contributed by atoms with van der Waals surface area (Å²) in [5.74, 6) is -0.192. The van der Waals surface area contributed by atoms with Crippen molar-refractivity contribution in [3.63, 3.8) is 0 Å². The number of phenols is 1. The van der Waals surface area contributed by atoms with E-state index in [1.807, 2.05) is 12.1 Å². The van der Waals surface area contributed by atoms with Crippen molar-refractivity contribution in [1.82, 2.24) is 20.9 Å². The van der Waals surface area contributed by atoms with E-state index in [4.69, 9.17) is 0 Å². The highest BCUT2D eigenvalue weighted by Crippen LogP contribution is 2.28. The molecule has 0 spiro atoms. The molecule has 6 N–H and O–H groups in total.